The highest BCUT2D eigenvalue weighted by Gasteiger charge is 2.34. The van der Waals surface area contributed by atoms with Crippen LogP contribution in [0.1, 0.15) is 23.3 Å². The Morgan fingerprint density at radius 3 is 2.32 bits per heavy atom. The molecule has 9 heteroatoms. The molecule has 0 saturated heterocycles. The number of nitrogens with one attached hydrogen (secondary N) is 1. The van der Waals surface area contributed by atoms with Gasteiger partial charge in [-0.1, -0.05) is 18.2 Å². The zero-order valence-corrected chi connectivity index (χ0v) is 17.0. The Labute approximate surface area is 166 Å². The maximum atomic E-state index is 13.6. The Balaban J connectivity index is 1.93. The summed E-state index contributed by atoms with van der Waals surface area (Å²) in [5.41, 5.74) is 0.704. The quantitative estimate of drug-likeness (QED) is 0.734. The van der Waals surface area contributed by atoms with Crippen molar-refractivity contribution in [1.29, 1.82) is 0 Å². The largest absolute Gasteiger partial charge is 0.298 e. The number of alkyl halides is 2. The fourth-order valence-electron chi connectivity index (χ4n) is 3.10. The summed E-state index contributed by atoms with van der Waals surface area (Å²) >= 11 is 1.31. The minimum atomic E-state index is -3.38. The van der Waals surface area contributed by atoms with Gasteiger partial charge in [-0.15, -0.1) is 11.3 Å². The molecule has 0 aliphatic heterocycles. The highest BCUT2D eigenvalue weighted by molar-refractivity contribution is 7.90. The van der Waals surface area contributed by atoms with Crippen LogP contribution in [-0.4, -0.2) is 37.9 Å². The fourth-order valence-corrected chi connectivity index (χ4v) is 4.39. The van der Waals surface area contributed by atoms with Gasteiger partial charge in [-0.3, -0.25) is 10.1 Å². The van der Waals surface area contributed by atoms with Crippen molar-refractivity contribution in [3.05, 3.63) is 47.0 Å². The maximum absolute atomic E-state index is 13.6. The van der Waals surface area contributed by atoms with Gasteiger partial charge < -0.3 is 0 Å². The third-order valence-electron chi connectivity index (χ3n) is 4.53. The third kappa shape index (κ3) is 4.82. The van der Waals surface area contributed by atoms with Crippen LogP contribution in [0.25, 0.3) is 5.57 Å². The standard InChI is InChI=1S/C19H20F2N2O3S2/c1-11-10-22-19(27-11)23-18(24)15(7-12-8-16(20)17(21)9-12)13-3-5-14(6-4-13)28(2,25)26/h3-7,10,12,16-17H,8-9H2,1-2H3,(H,22,23,24)/b15-7+/t12?,16-,17+. The molecule has 1 heterocycles. The molecule has 28 heavy (non-hydrogen) atoms. The molecule has 1 aromatic heterocycles. The average molecular weight is 427 g/mol. The number of amides is 1. The first-order valence-electron chi connectivity index (χ1n) is 8.67. The summed E-state index contributed by atoms with van der Waals surface area (Å²) in [5, 5.41) is 3.11. The first-order valence-corrected chi connectivity index (χ1v) is 11.4. The van der Waals surface area contributed by atoms with E-state index in [1.54, 1.807) is 12.3 Å². The number of anilines is 1. The predicted molar refractivity (Wildman–Crippen MR) is 106 cm³/mol. The van der Waals surface area contributed by atoms with Gasteiger partial charge in [-0.05, 0) is 43.4 Å². The van der Waals surface area contributed by atoms with Gasteiger partial charge in [0.2, 0.25) is 0 Å². The van der Waals surface area contributed by atoms with Crippen molar-refractivity contribution >= 4 is 37.8 Å². The van der Waals surface area contributed by atoms with E-state index in [0.717, 1.165) is 11.1 Å². The van der Waals surface area contributed by atoms with E-state index in [-0.39, 0.29) is 23.3 Å². The number of aromatic nitrogens is 1. The lowest BCUT2D eigenvalue weighted by atomic mass is 9.98. The minimum absolute atomic E-state index is 0.00965. The zero-order valence-electron chi connectivity index (χ0n) is 15.4. The molecule has 1 saturated carbocycles. The molecule has 0 bridgehead atoms. The van der Waals surface area contributed by atoms with Crippen molar-refractivity contribution in [3.8, 4) is 0 Å². The van der Waals surface area contributed by atoms with E-state index in [2.05, 4.69) is 10.3 Å². The summed E-state index contributed by atoms with van der Waals surface area (Å²) in [6.07, 6.45) is 1.23. The summed E-state index contributed by atoms with van der Waals surface area (Å²) in [4.78, 5) is 18.0. The number of carbonyl (C=O) groups is 1. The van der Waals surface area contributed by atoms with Gasteiger partial charge in [0.25, 0.3) is 5.91 Å². The lowest BCUT2D eigenvalue weighted by molar-refractivity contribution is -0.111. The molecule has 2 aromatic rings. The Morgan fingerprint density at radius 1 is 1.21 bits per heavy atom. The van der Waals surface area contributed by atoms with E-state index < -0.39 is 34.0 Å². The molecule has 1 aliphatic rings. The van der Waals surface area contributed by atoms with Crippen LogP contribution in [0.4, 0.5) is 13.9 Å². The topological polar surface area (TPSA) is 76.1 Å². The second-order valence-electron chi connectivity index (χ2n) is 6.87. The Bertz CT molecular complexity index is 990. The summed E-state index contributed by atoms with van der Waals surface area (Å²) in [6, 6.07) is 5.85. The first-order chi connectivity index (χ1) is 13.1. The van der Waals surface area contributed by atoms with Gasteiger partial charge in [-0.2, -0.15) is 0 Å². The van der Waals surface area contributed by atoms with Gasteiger partial charge in [0.05, 0.1) is 4.90 Å². The van der Waals surface area contributed by atoms with Crippen LogP contribution in [0.15, 0.2) is 41.4 Å². The van der Waals surface area contributed by atoms with Crippen LogP contribution in [0, 0.1) is 12.8 Å². The van der Waals surface area contributed by atoms with Crippen LogP contribution in [0.2, 0.25) is 0 Å². The number of allylic oxidation sites excluding steroid dienone is 1. The number of thiazole rings is 1. The Hall–Kier alpha value is -2.13. The summed E-state index contributed by atoms with van der Waals surface area (Å²) in [7, 11) is -3.38. The predicted octanol–water partition coefficient (Wildman–Crippen LogP) is 3.96. The minimum Gasteiger partial charge on any atom is -0.298 e. The Morgan fingerprint density at radius 2 is 1.82 bits per heavy atom. The molecule has 1 N–H and O–H groups in total. The van der Waals surface area contributed by atoms with Crippen LogP contribution in [0.3, 0.4) is 0 Å². The van der Waals surface area contributed by atoms with E-state index in [1.165, 1.54) is 35.6 Å². The number of carbonyl (C=O) groups excluding carboxylic acids is 1. The molecule has 1 aromatic carbocycles. The monoisotopic (exact) mass is 426 g/mol. The summed E-state index contributed by atoms with van der Waals surface area (Å²) in [6.45, 7) is 1.86. The highest BCUT2D eigenvalue weighted by atomic mass is 32.2. The van der Waals surface area contributed by atoms with Crippen LogP contribution in [-0.2, 0) is 14.6 Å². The normalized spacial score (nSPS) is 23.0. The number of nitrogens with zero attached hydrogens (tertiary/aromatic N) is 1. The lowest BCUT2D eigenvalue weighted by Gasteiger charge is -2.11. The molecule has 5 nitrogen and oxygen atoms in total. The van der Waals surface area contributed by atoms with E-state index >= 15 is 0 Å². The van der Waals surface area contributed by atoms with Gasteiger partial charge in [-0.25, -0.2) is 22.2 Å². The number of hydrogen-bond donors (Lipinski definition) is 1. The fraction of sp³-hybridized carbons (Fsp3) is 0.368. The van der Waals surface area contributed by atoms with E-state index in [1.807, 2.05) is 6.92 Å². The number of aryl methyl sites for hydroxylation is 1. The van der Waals surface area contributed by atoms with Gasteiger partial charge >= 0.3 is 0 Å². The molecule has 0 radical (unpaired) electrons. The molecule has 1 amide bonds. The summed E-state index contributed by atoms with van der Waals surface area (Å²) < 4.78 is 50.5. The highest BCUT2D eigenvalue weighted by Crippen LogP contribution is 2.34. The van der Waals surface area contributed by atoms with Gasteiger partial charge in [0.1, 0.15) is 12.3 Å². The van der Waals surface area contributed by atoms with Crippen LogP contribution in [0.5, 0.6) is 0 Å². The number of sulfone groups is 1. The number of halogens is 2. The molecule has 1 unspecified atom stereocenters. The maximum Gasteiger partial charge on any atom is 0.257 e. The van der Waals surface area contributed by atoms with E-state index in [9.17, 15) is 22.0 Å². The van der Waals surface area contributed by atoms with Crippen molar-refractivity contribution < 1.29 is 22.0 Å². The second kappa shape index (κ2) is 8.08. The van der Waals surface area contributed by atoms with Crippen molar-refractivity contribution in [2.45, 2.75) is 37.0 Å². The molecule has 150 valence electrons. The van der Waals surface area contributed by atoms with E-state index in [4.69, 9.17) is 0 Å². The smallest absolute Gasteiger partial charge is 0.257 e. The second-order valence-corrected chi connectivity index (χ2v) is 10.1. The van der Waals surface area contributed by atoms with Crippen LogP contribution < -0.4 is 5.32 Å². The third-order valence-corrected chi connectivity index (χ3v) is 6.49. The molecular formula is C19H20F2N2O3S2. The van der Waals surface area contributed by atoms with Crippen molar-refractivity contribution in [2.24, 2.45) is 5.92 Å². The molecule has 1 fully saturated rings. The molecule has 1 aliphatic carbocycles. The van der Waals surface area contributed by atoms with Crippen molar-refractivity contribution in [2.75, 3.05) is 11.6 Å². The number of hydrogen-bond acceptors (Lipinski definition) is 5. The van der Waals surface area contributed by atoms with Crippen LogP contribution >= 0.6 is 11.3 Å². The van der Waals surface area contributed by atoms with Crippen molar-refractivity contribution in [1.82, 2.24) is 4.98 Å². The lowest BCUT2D eigenvalue weighted by Crippen LogP contribution is -2.14. The Kier molecular flexibility index (Phi) is 5.95. The first kappa shape index (κ1) is 20.6. The number of benzene rings is 1. The summed E-state index contributed by atoms with van der Waals surface area (Å²) in [5.74, 6) is -0.877. The number of rotatable bonds is 5. The zero-order chi connectivity index (χ0) is 20.5. The molecule has 0 spiro atoms. The van der Waals surface area contributed by atoms with Crippen molar-refractivity contribution in [3.63, 3.8) is 0 Å². The average Bonchev–Trinajstić information content (AvgIpc) is 3.17. The van der Waals surface area contributed by atoms with E-state index in [0.29, 0.717) is 10.7 Å². The molecule has 3 atom stereocenters. The molecule has 3 rings (SSSR count). The van der Waals surface area contributed by atoms with Gasteiger partial charge in [0, 0.05) is 22.9 Å². The SMILES string of the molecule is Cc1cnc(NC(=O)/C(=C/C2C[C@@H](F)[C@@H](F)C2)c2ccc(S(C)(=O)=O)cc2)s1. The molecular weight excluding hydrogens is 406 g/mol. The van der Waals surface area contributed by atoms with Gasteiger partial charge in [0.15, 0.2) is 15.0 Å².